The first-order valence-electron chi connectivity index (χ1n) is 9.98. The second kappa shape index (κ2) is 8.65. The van der Waals surface area contributed by atoms with Crippen molar-refractivity contribution >= 4 is 23.2 Å². The van der Waals surface area contributed by atoms with E-state index in [1.165, 1.54) is 0 Å². The van der Waals surface area contributed by atoms with Crippen molar-refractivity contribution in [1.82, 2.24) is 9.78 Å². The van der Waals surface area contributed by atoms with Gasteiger partial charge in [-0.2, -0.15) is 5.10 Å². The van der Waals surface area contributed by atoms with Crippen LogP contribution in [0.15, 0.2) is 36.7 Å². The van der Waals surface area contributed by atoms with Crippen molar-refractivity contribution in [3.05, 3.63) is 36.7 Å². The molecule has 154 valence electrons. The predicted octanol–water partition coefficient (Wildman–Crippen LogP) is 2.31. The second-order valence-electron chi connectivity index (χ2n) is 7.60. The van der Waals surface area contributed by atoms with E-state index in [4.69, 9.17) is 9.47 Å². The van der Waals surface area contributed by atoms with Crippen molar-refractivity contribution in [2.45, 2.75) is 25.8 Å². The Morgan fingerprint density at radius 1 is 1.28 bits per heavy atom. The smallest absolute Gasteiger partial charge is 0.229 e. The lowest BCUT2D eigenvalue weighted by molar-refractivity contribution is -0.122. The third-order valence-electron chi connectivity index (χ3n) is 5.57. The van der Waals surface area contributed by atoms with Crippen molar-refractivity contribution < 1.29 is 19.1 Å². The predicted molar refractivity (Wildman–Crippen MR) is 108 cm³/mol. The molecule has 0 saturated carbocycles. The van der Waals surface area contributed by atoms with Crippen LogP contribution in [0.3, 0.4) is 0 Å². The van der Waals surface area contributed by atoms with E-state index in [1.54, 1.807) is 18.2 Å². The van der Waals surface area contributed by atoms with Gasteiger partial charge >= 0.3 is 0 Å². The molecule has 2 aliphatic rings. The van der Waals surface area contributed by atoms with Gasteiger partial charge in [-0.15, -0.1) is 0 Å². The highest BCUT2D eigenvalue weighted by atomic mass is 16.5. The van der Waals surface area contributed by atoms with Crippen molar-refractivity contribution in [3.63, 3.8) is 0 Å². The number of carbonyl (C=O) groups is 2. The third-order valence-corrected chi connectivity index (χ3v) is 5.57. The quantitative estimate of drug-likeness (QED) is 0.807. The minimum absolute atomic E-state index is 0.0504. The summed E-state index contributed by atoms with van der Waals surface area (Å²) in [7, 11) is 1.60. The van der Waals surface area contributed by atoms with Gasteiger partial charge in [-0.25, -0.2) is 0 Å². The number of carbonyl (C=O) groups excluding carboxylic acids is 2. The van der Waals surface area contributed by atoms with E-state index >= 15 is 0 Å². The highest BCUT2D eigenvalue weighted by Gasteiger charge is 2.35. The SMILES string of the molecule is COc1ccc(N2CC(C(=O)Nc3cnn(CC4CCOCC4)c3)CC2=O)cc1. The molecule has 29 heavy (non-hydrogen) atoms. The van der Waals surface area contributed by atoms with E-state index in [-0.39, 0.29) is 24.2 Å². The van der Waals surface area contributed by atoms with Crippen LogP contribution in [0.2, 0.25) is 0 Å². The van der Waals surface area contributed by atoms with Gasteiger partial charge in [0.2, 0.25) is 11.8 Å². The summed E-state index contributed by atoms with van der Waals surface area (Å²) in [6, 6.07) is 7.28. The van der Waals surface area contributed by atoms with E-state index < -0.39 is 0 Å². The molecule has 0 spiro atoms. The van der Waals surface area contributed by atoms with Gasteiger partial charge in [0.15, 0.2) is 0 Å². The van der Waals surface area contributed by atoms with Gasteiger partial charge < -0.3 is 19.7 Å². The molecule has 0 bridgehead atoms. The standard InChI is InChI=1S/C21H26N4O4/c1-28-19-4-2-18(3-5-19)25-13-16(10-20(25)26)21(27)23-17-11-22-24(14-17)12-15-6-8-29-9-7-15/h2-5,11,14-16H,6-10,12-13H2,1H3,(H,23,27). The van der Waals surface area contributed by atoms with Crippen molar-refractivity contribution in [3.8, 4) is 5.75 Å². The van der Waals surface area contributed by atoms with Crippen LogP contribution in [-0.4, -0.2) is 48.5 Å². The number of ether oxygens (including phenoxy) is 2. The summed E-state index contributed by atoms with van der Waals surface area (Å²) >= 11 is 0. The van der Waals surface area contributed by atoms with Crippen LogP contribution >= 0.6 is 0 Å². The molecule has 1 atom stereocenters. The Morgan fingerprint density at radius 3 is 2.76 bits per heavy atom. The van der Waals surface area contributed by atoms with Crippen LogP contribution in [0.1, 0.15) is 19.3 Å². The van der Waals surface area contributed by atoms with E-state index in [9.17, 15) is 9.59 Å². The maximum absolute atomic E-state index is 12.7. The first-order chi connectivity index (χ1) is 14.1. The van der Waals surface area contributed by atoms with Gasteiger partial charge in [-0.05, 0) is 43.0 Å². The summed E-state index contributed by atoms with van der Waals surface area (Å²) in [5.74, 6) is 0.694. The zero-order chi connectivity index (χ0) is 20.2. The fourth-order valence-corrected chi connectivity index (χ4v) is 3.86. The lowest BCUT2D eigenvalue weighted by Crippen LogP contribution is -2.28. The molecule has 8 nitrogen and oxygen atoms in total. The largest absolute Gasteiger partial charge is 0.497 e. The maximum Gasteiger partial charge on any atom is 0.229 e. The molecule has 8 heteroatoms. The third kappa shape index (κ3) is 4.59. The fourth-order valence-electron chi connectivity index (χ4n) is 3.86. The molecule has 1 unspecified atom stereocenters. The Bertz CT molecular complexity index is 858. The monoisotopic (exact) mass is 398 g/mol. The summed E-state index contributed by atoms with van der Waals surface area (Å²) in [5.41, 5.74) is 1.44. The zero-order valence-electron chi connectivity index (χ0n) is 16.5. The van der Waals surface area contributed by atoms with Gasteiger partial charge in [0.05, 0.1) is 24.9 Å². The van der Waals surface area contributed by atoms with Crippen molar-refractivity contribution in [2.75, 3.05) is 37.1 Å². The fraction of sp³-hybridized carbons (Fsp3) is 0.476. The van der Waals surface area contributed by atoms with Crippen LogP contribution in [0.5, 0.6) is 5.75 Å². The second-order valence-corrected chi connectivity index (χ2v) is 7.60. The van der Waals surface area contributed by atoms with Crippen LogP contribution in [-0.2, 0) is 20.9 Å². The summed E-state index contributed by atoms with van der Waals surface area (Å²) in [6.07, 6.45) is 5.79. The van der Waals surface area contributed by atoms with Gasteiger partial charge in [-0.3, -0.25) is 14.3 Å². The number of hydrogen-bond acceptors (Lipinski definition) is 5. The Morgan fingerprint density at radius 2 is 2.03 bits per heavy atom. The highest BCUT2D eigenvalue weighted by Crippen LogP contribution is 2.27. The minimum Gasteiger partial charge on any atom is -0.497 e. The van der Waals surface area contributed by atoms with Crippen molar-refractivity contribution in [1.29, 1.82) is 0 Å². The molecule has 2 saturated heterocycles. The van der Waals surface area contributed by atoms with Crippen LogP contribution in [0.4, 0.5) is 11.4 Å². The Balaban J connectivity index is 1.33. The number of aromatic nitrogens is 2. The normalized spacial score (nSPS) is 20.1. The molecular formula is C21H26N4O4. The van der Waals surface area contributed by atoms with Crippen molar-refractivity contribution in [2.24, 2.45) is 11.8 Å². The number of nitrogens with zero attached hydrogens (tertiary/aromatic N) is 3. The van der Waals surface area contributed by atoms with Crippen LogP contribution in [0.25, 0.3) is 0 Å². The maximum atomic E-state index is 12.7. The van der Waals surface area contributed by atoms with Crippen LogP contribution in [0, 0.1) is 11.8 Å². The van der Waals surface area contributed by atoms with E-state index in [0.29, 0.717) is 18.2 Å². The molecule has 1 aromatic carbocycles. The van der Waals surface area contributed by atoms with Gasteiger partial charge in [-0.1, -0.05) is 0 Å². The molecule has 2 fully saturated rings. The van der Waals surface area contributed by atoms with E-state index in [1.807, 2.05) is 35.1 Å². The Labute approximate surface area is 169 Å². The van der Waals surface area contributed by atoms with Gasteiger partial charge in [0.1, 0.15) is 5.75 Å². The summed E-state index contributed by atoms with van der Waals surface area (Å²) in [6.45, 7) is 2.80. The average Bonchev–Trinajstić information content (AvgIpc) is 3.35. The lowest BCUT2D eigenvalue weighted by atomic mass is 10.0. The molecule has 1 N–H and O–H groups in total. The number of hydrogen-bond donors (Lipinski definition) is 1. The number of anilines is 2. The number of amides is 2. The number of rotatable bonds is 6. The van der Waals surface area contributed by atoms with E-state index in [2.05, 4.69) is 10.4 Å². The van der Waals surface area contributed by atoms with Gasteiger partial charge in [0, 0.05) is 44.6 Å². The highest BCUT2D eigenvalue weighted by molar-refractivity contribution is 6.03. The topological polar surface area (TPSA) is 85.7 Å². The lowest BCUT2D eigenvalue weighted by Gasteiger charge is -2.21. The molecule has 2 aliphatic heterocycles. The zero-order valence-corrected chi connectivity index (χ0v) is 16.5. The number of methoxy groups -OCH3 is 1. The molecule has 1 aromatic heterocycles. The summed E-state index contributed by atoms with van der Waals surface area (Å²) in [5, 5.41) is 7.26. The Kier molecular flexibility index (Phi) is 5.80. The molecule has 3 heterocycles. The molecule has 2 aromatic rings. The first kappa shape index (κ1) is 19.4. The Hall–Kier alpha value is -2.87. The molecule has 0 aliphatic carbocycles. The summed E-state index contributed by atoms with van der Waals surface area (Å²) in [4.78, 5) is 26.7. The molecule has 0 radical (unpaired) electrons. The van der Waals surface area contributed by atoms with E-state index in [0.717, 1.165) is 44.0 Å². The molecule has 2 amide bonds. The average molecular weight is 398 g/mol. The van der Waals surface area contributed by atoms with Gasteiger partial charge in [0.25, 0.3) is 0 Å². The number of benzene rings is 1. The molecular weight excluding hydrogens is 372 g/mol. The summed E-state index contributed by atoms with van der Waals surface area (Å²) < 4.78 is 12.4. The number of nitrogens with one attached hydrogen (secondary N) is 1. The minimum atomic E-state index is -0.386. The van der Waals surface area contributed by atoms with Crippen LogP contribution < -0.4 is 15.0 Å². The first-order valence-corrected chi connectivity index (χ1v) is 9.98. The molecule has 4 rings (SSSR count).